The van der Waals surface area contributed by atoms with E-state index in [9.17, 15) is 0 Å². The van der Waals surface area contributed by atoms with E-state index in [1.165, 1.54) is 49.6 Å². The Morgan fingerprint density at radius 3 is 1.56 bits per heavy atom. The van der Waals surface area contributed by atoms with E-state index < -0.39 is 0 Å². The second-order valence-electron chi connectivity index (χ2n) is 16.1. The maximum atomic E-state index is 5.25. The first-order chi connectivity index (χ1) is 29.0. The lowest BCUT2D eigenvalue weighted by atomic mass is 9.82. The number of benzene rings is 8. The summed E-state index contributed by atoms with van der Waals surface area (Å²) in [4.78, 5) is 15.5. The summed E-state index contributed by atoms with van der Waals surface area (Å²) in [7, 11) is 0. The summed E-state index contributed by atoms with van der Waals surface area (Å²) in [6.45, 7) is 4.67. The van der Waals surface area contributed by atoms with Crippen LogP contribution >= 0.6 is 0 Å². The van der Waals surface area contributed by atoms with Crippen molar-refractivity contribution in [2.45, 2.75) is 19.3 Å². The monoisotopic (exact) mass is 755 g/mol. The molecule has 3 aromatic heterocycles. The highest BCUT2D eigenvalue weighted by molar-refractivity contribution is 6.14. The molecule has 8 aromatic carbocycles. The normalized spacial score (nSPS) is 13.1. The van der Waals surface area contributed by atoms with Gasteiger partial charge in [-0.15, -0.1) is 0 Å². The molecule has 12 rings (SSSR count). The van der Waals surface area contributed by atoms with Gasteiger partial charge in [-0.25, -0.2) is 4.98 Å². The van der Waals surface area contributed by atoms with Crippen LogP contribution in [0.15, 0.2) is 188 Å². The molecule has 3 heterocycles. The molecule has 0 unspecified atom stereocenters. The Balaban J connectivity index is 1.12. The lowest BCUT2D eigenvalue weighted by molar-refractivity contribution is 0.661. The maximum absolute atomic E-state index is 5.25. The van der Waals surface area contributed by atoms with E-state index in [2.05, 4.69) is 175 Å². The number of fused-ring (bicyclic) bond motifs is 9. The van der Waals surface area contributed by atoms with E-state index >= 15 is 0 Å². The van der Waals surface area contributed by atoms with Crippen molar-refractivity contribution in [2.24, 2.45) is 0 Å². The standard InChI is InChI=1S/C54H37N5/c1-54(2)45-24-14-12-22-39(45)41-32-44-43-31-37(36-26-28-48-42(30-36)40-23-13-15-25-47(40)58(48)38-20-10-5-11-21-38)27-29-49(43)59(50(44)33-46(41)54)53-56-51(34-16-6-3-7-17-34)55-52(57-53)35-18-8-4-9-19-35/h3-33H,1-2H3. The van der Waals surface area contributed by atoms with Crippen LogP contribution in [0.25, 0.3) is 100 Å². The molecule has 0 fully saturated rings. The first-order valence-electron chi connectivity index (χ1n) is 20.2. The van der Waals surface area contributed by atoms with Crippen LogP contribution in [0.3, 0.4) is 0 Å². The molecule has 5 heteroatoms. The molecule has 0 aliphatic heterocycles. The molecule has 0 atom stereocenters. The Bertz CT molecular complexity index is 3390. The zero-order chi connectivity index (χ0) is 39.2. The molecule has 0 amide bonds. The van der Waals surface area contributed by atoms with Gasteiger partial charge in [-0.1, -0.05) is 147 Å². The molecule has 1 aliphatic rings. The van der Waals surface area contributed by atoms with Gasteiger partial charge in [-0.05, 0) is 88.0 Å². The molecule has 0 bridgehead atoms. The number of nitrogens with zero attached hydrogens (tertiary/aromatic N) is 5. The lowest BCUT2D eigenvalue weighted by Crippen LogP contribution is -2.15. The second-order valence-corrected chi connectivity index (χ2v) is 16.1. The minimum atomic E-state index is -0.176. The first-order valence-corrected chi connectivity index (χ1v) is 20.2. The molecular formula is C54H37N5. The Kier molecular flexibility index (Phi) is 7.20. The highest BCUT2D eigenvalue weighted by atomic mass is 15.2. The van der Waals surface area contributed by atoms with Crippen molar-refractivity contribution in [3.05, 3.63) is 199 Å². The average Bonchev–Trinajstić information content (AvgIpc) is 3.88. The van der Waals surface area contributed by atoms with Gasteiger partial charge in [-0.3, -0.25) is 4.57 Å². The molecule has 278 valence electrons. The number of rotatable bonds is 5. The van der Waals surface area contributed by atoms with Gasteiger partial charge in [0.1, 0.15) is 0 Å². The first kappa shape index (κ1) is 33.5. The van der Waals surface area contributed by atoms with Crippen molar-refractivity contribution in [3.8, 4) is 56.7 Å². The van der Waals surface area contributed by atoms with Crippen molar-refractivity contribution >= 4 is 43.6 Å². The highest BCUT2D eigenvalue weighted by Gasteiger charge is 2.36. The van der Waals surface area contributed by atoms with Gasteiger partial charge in [0.05, 0.1) is 22.1 Å². The van der Waals surface area contributed by atoms with Crippen molar-refractivity contribution in [3.63, 3.8) is 0 Å². The van der Waals surface area contributed by atoms with Gasteiger partial charge in [-0.2, -0.15) is 9.97 Å². The molecule has 11 aromatic rings. The van der Waals surface area contributed by atoms with Gasteiger partial charge in [0.2, 0.25) is 5.95 Å². The van der Waals surface area contributed by atoms with Gasteiger partial charge < -0.3 is 4.57 Å². The molecule has 5 nitrogen and oxygen atoms in total. The van der Waals surface area contributed by atoms with Crippen molar-refractivity contribution in [1.82, 2.24) is 24.1 Å². The molecule has 0 spiro atoms. The summed E-state index contributed by atoms with van der Waals surface area (Å²) in [6, 6.07) is 67.2. The van der Waals surface area contributed by atoms with Crippen LogP contribution in [0.4, 0.5) is 0 Å². The summed E-state index contributed by atoms with van der Waals surface area (Å²) in [6.07, 6.45) is 0. The van der Waals surface area contributed by atoms with E-state index in [4.69, 9.17) is 15.0 Å². The molecule has 1 aliphatic carbocycles. The summed E-state index contributed by atoms with van der Waals surface area (Å²) in [5, 5.41) is 4.78. The Morgan fingerprint density at radius 1 is 0.356 bits per heavy atom. The van der Waals surface area contributed by atoms with Crippen LogP contribution in [-0.4, -0.2) is 24.1 Å². The minimum absolute atomic E-state index is 0.176. The van der Waals surface area contributed by atoms with Crippen LogP contribution in [0.1, 0.15) is 25.0 Å². The molecule has 59 heavy (non-hydrogen) atoms. The van der Waals surface area contributed by atoms with Gasteiger partial charge in [0.25, 0.3) is 0 Å². The van der Waals surface area contributed by atoms with Crippen LogP contribution in [-0.2, 0) is 5.41 Å². The van der Waals surface area contributed by atoms with E-state index in [-0.39, 0.29) is 5.41 Å². The summed E-state index contributed by atoms with van der Waals surface area (Å²) >= 11 is 0. The predicted molar refractivity (Wildman–Crippen MR) is 242 cm³/mol. The van der Waals surface area contributed by atoms with Crippen LogP contribution in [0.5, 0.6) is 0 Å². The predicted octanol–water partition coefficient (Wildman–Crippen LogP) is 13.4. The Labute approximate surface area is 341 Å². The molecule has 0 saturated heterocycles. The lowest BCUT2D eigenvalue weighted by Gasteiger charge is -2.21. The molecular weight excluding hydrogens is 719 g/mol. The van der Waals surface area contributed by atoms with Gasteiger partial charge >= 0.3 is 0 Å². The fourth-order valence-corrected chi connectivity index (χ4v) is 9.51. The van der Waals surface area contributed by atoms with Crippen molar-refractivity contribution < 1.29 is 0 Å². The second kappa shape index (κ2) is 12.7. The number of aromatic nitrogens is 5. The van der Waals surface area contributed by atoms with Crippen molar-refractivity contribution in [2.75, 3.05) is 0 Å². The third kappa shape index (κ3) is 5.08. The van der Waals surface area contributed by atoms with E-state index in [0.29, 0.717) is 17.6 Å². The SMILES string of the molecule is CC1(C)c2ccccc2-c2cc3c4cc(-c5ccc6c(c5)c5ccccc5n6-c5ccccc5)ccc4n(-c4nc(-c5ccccc5)nc(-c5ccccc5)n4)c3cc21. The smallest absolute Gasteiger partial charge is 0.238 e. The summed E-state index contributed by atoms with van der Waals surface area (Å²) < 4.78 is 4.62. The third-order valence-corrected chi connectivity index (χ3v) is 12.4. The van der Waals surface area contributed by atoms with E-state index in [1.54, 1.807) is 0 Å². The van der Waals surface area contributed by atoms with Crippen LogP contribution in [0.2, 0.25) is 0 Å². The van der Waals surface area contributed by atoms with Gasteiger partial charge in [0.15, 0.2) is 11.6 Å². The summed E-state index contributed by atoms with van der Waals surface area (Å²) in [5.74, 6) is 1.87. The molecule has 0 N–H and O–H groups in total. The van der Waals surface area contributed by atoms with Crippen LogP contribution in [0, 0.1) is 0 Å². The van der Waals surface area contributed by atoms with Crippen LogP contribution < -0.4 is 0 Å². The fourth-order valence-electron chi connectivity index (χ4n) is 9.51. The quantitative estimate of drug-likeness (QED) is 0.176. The molecule has 0 radical (unpaired) electrons. The highest BCUT2D eigenvalue weighted by Crippen LogP contribution is 2.51. The number of hydrogen-bond donors (Lipinski definition) is 0. The molecule has 0 saturated carbocycles. The van der Waals surface area contributed by atoms with E-state index in [0.717, 1.165) is 44.2 Å². The number of hydrogen-bond acceptors (Lipinski definition) is 3. The fraction of sp³-hybridized carbons (Fsp3) is 0.0556. The average molecular weight is 756 g/mol. The maximum Gasteiger partial charge on any atom is 0.238 e. The van der Waals surface area contributed by atoms with Gasteiger partial charge in [0, 0.05) is 43.8 Å². The topological polar surface area (TPSA) is 48.5 Å². The Morgan fingerprint density at radius 2 is 0.881 bits per heavy atom. The largest absolute Gasteiger partial charge is 0.309 e. The Hall–Kier alpha value is -7.63. The summed E-state index contributed by atoms with van der Waals surface area (Å²) in [5.41, 5.74) is 14.9. The van der Waals surface area contributed by atoms with Crippen molar-refractivity contribution in [1.29, 1.82) is 0 Å². The number of para-hydroxylation sites is 2. The zero-order valence-corrected chi connectivity index (χ0v) is 32.6. The van der Waals surface area contributed by atoms with E-state index in [1.807, 2.05) is 36.4 Å². The zero-order valence-electron chi connectivity index (χ0n) is 32.6. The third-order valence-electron chi connectivity index (χ3n) is 12.4. The minimum Gasteiger partial charge on any atom is -0.309 e.